The highest BCUT2D eigenvalue weighted by atomic mass is 16.2. The van der Waals surface area contributed by atoms with Crippen molar-refractivity contribution in [3.63, 3.8) is 0 Å². The van der Waals surface area contributed by atoms with Gasteiger partial charge in [0.2, 0.25) is 5.91 Å². The number of likely N-dealkylation sites (N-methyl/N-ethyl adjacent to an activating group) is 1. The molecule has 104 valence electrons. The number of carbonyl (C=O) groups excluding carboxylic acids is 1. The molecule has 1 unspecified atom stereocenters. The Morgan fingerprint density at radius 3 is 2.47 bits per heavy atom. The summed E-state index contributed by atoms with van der Waals surface area (Å²) in [5.74, 6) is 0.0334. The fourth-order valence-corrected chi connectivity index (χ4v) is 2.39. The molecule has 0 saturated carbocycles. The topological polar surface area (TPSA) is 44.4 Å². The molecular formula is C15H23N3O. The molecule has 2 N–H and O–H groups in total. The largest absolute Gasteiger partial charge is 0.374 e. The van der Waals surface area contributed by atoms with Crippen LogP contribution in [0.2, 0.25) is 0 Å². The molecule has 0 bridgehead atoms. The Labute approximate surface area is 115 Å². The third-order valence-corrected chi connectivity index (χ3v) is 3.47. The van der Waals surface area contributed by atoms with Gasteiger partial charge in [0.15, 0.2) is 0 Å². The van der Waals surface area contributed by atoms with Gasteiger partial charge in [-0.1, -0.05) is 0 Å². The number of hydrogen-bond donors (Lipinski definition) is 2. The maximum atomic E-state index is 11.6. The molecule has 1 atom stereocenters. The van der Waals surface area contributed by atoms with Crippen LogP contribution in [-0.2, 0) is 4.79 Å². The summed E-state index contributed by atoms with van der Waals surface area (Å²) < 4.78 is 0. The molecule has 1 fully saturated rings. The van der Waals surface area contributed by atoms with E-state index in [-0.39, 0.29) is 11.9 Å². The number of anilines is 2. The SMILES string of the molecule is CCNC(=O)C(C)Nc1ccc(N2CCCC2)cc1. The second kappa shape index (κ2) is 6.45. The van der Waals surface area contributed by atoms with E-state index in [0.717, 1.165) is 18.8 Å². The van der Waals surface area contributed by atoms with Gasteiger partial charge < -0.3 is 15.5 Å². The van der Waals surface area contributed by atoms with E-state index < -0.39 is 0 Å². The lowest BCUT2D eigenvalue weighted by atomic mass is 10.2. The van der Waals surface area contributed by atoms with Gasteiger partial charge in [-0.15, -0.1) is 0 Å². The number of nitrogens with zero attached hydrogens (tertiary/aromatic N) is 1. The van der Waals surface area contributed by atoms with E-state index in [0.29, 0.717) is 6.54 Å². The summed E-state index contributed by atoms with van der Waals surface area (Å²) in [6.07, 6.45) is 2.57. The van der Waals surface area contributed by atoms with Crippen LogP contribution < -0.4 is 15.5 Å². The zero-order chi connectivity index (χ0) is 13.7. The third kappa shape index (κ3) is 3.63. The van der Waals surface area contributed by atoms with Gasteiger partial charge in [-0.05, 0) is 51.0 Å². The molecule has 1 aromatic rings. The van der Waals surface area contributed by atoms with E-state index in [1.54, 1.807) is 0 Å². The maximum absolute atomic E-state index is 11.6. The molecule has 19 heavy (non-hydrogen) atoms. The summed E-state index contributed by atoms with van der Waals surface area (Å²) in [5, 5.41) is 6.03. The fourth-order valence-electron chi connectivity index (χ4n) is 2.39. The number of amides is 1. The molecule has 1 aromatic carbocycles. The van der Waals surface area contributed by atoms with Gasteiger partial charge >= 0.3 is 0 Å². The Hall–Kier alpha value is -1.71. The van der Waals surface area contributed by atoms with Crippen LogP contribution in [0, 0.1) is 0 Å². The van der Waals surface area contributed by atoms with E-state index >= 15 is 0 Å². The van der Waals surface area contributed by atoms with Crippen molar-refractivity contribution in [3.8, 4) is 0 Å². The first-order valence-corrected chi connectivity index (χ1v) is 7.10. The fraction of sp³-hybridized carbons (Fsp3) is 0.533. The summed E-state index contributed by atoms with van der Waals surface area (Å²) in [6, 6.07) is 8.13. The number of benzene rings is 1. The van der Waals surface area contributed by atoms with Crippen LogP contribution in [0.4, 0.5) is 11.4 Å². The van der Waals surface area contributed by atoms with Crippen LogP contribution in [0.15, 0.2) is 24.3 Å². The first-order chi connectivity index (χ1) is 9.20. The molecule has 0 spiro atoms. The van der Waals surface area contributed by atoms with Crippen molar-refractivity contribution in [2.75, 3.05) is 29.9 Å². The number of hydrogen-bond acceptors (Lipinski definition) is 3. The molecular weight excluding hydrogens is 238 g/mol. The van der Waals surface area contributed by atoms with Crippen molar-refractivity contribution in [2.45, 2.75) is 32.7 Å². The molecule has 4 nitrogen and oxygen atoms in total. The van der Waals surface area contributed by atoms with Crippen molar-refractivity contribution in [1.29, 1.82) is 0 Å². The number of nitrogens with one attached hydrogen (secondary N) is 2. The number of rotatable bonds is 5. The van der Waals surface area contributed by atoms with Crippen molar-refractivity contribution in [3.05, 3.63) is 24.3 Å². The number of carbonyl (C=O) groups is 1. The lowest BCUT2D eigenvalue weighted by Crippen LogP contribution is -2.37. The standard InChI is InChI=1S/C15H23N3O/c1-3-16-15(19)12(2)17-13-6-8-14(9-7-13)18-10-4-5-11-18/h6-9,12,17H,3-5,10-11H2,1-2H3,(H,16,19). The third-order valence-electron chi connectivity index (χ3n) is 3.47. The van der Waals surface area contributed by atoms with E-state index in [9.17, 15) is 4.79 Å². The van der Waals surface area contributed by atoms with Gasteiger partial charge in [-0.3, -0.25) is 4.79 Å². The van der Waals surface area contributed by atoms with Crippen LogP contribution in [0.25, 0.3) is 0 Å². The first kappa shape index (κ1) is 13.7. The van der Waals surface area contributed by atoms with Crippen molar-refractivity contribution in [1.82, 2.24) is 5.32 Å². The lowest BCUT2D eigenvalue weighted by molar-refractivity contribution is -0.121. The molecule has 4 heteroatoms. The quantitative estimate of drug-likeness (QED) is 0.854. The molecule has 1 aliphatic heterocycles. The van der Waals surface area contributed by atoms with Crippen LogP contribution >= 0.6 is 0 Å². The van der Waals surface area contributed by atoms with Gasteiger partial charge in [-0.25, -0.2) is 0 Å². The molecule has 1 saturated heterocycles. The zero-order valence-electron chi connectivity index (χ0n) is 11.8. The first-order valence-electron chi connectivity index (χ1n) is 7.10. The second-order valence-corrected chi connectivity index (χ2v) is 5.00. The molecule has 1 heterocycles. The Balaban J connectivity index is 1.92. The molecule has 0 aromatic heterocycles. The van der Waals surface area contributed by atoms with E-state index in [1.807, 2.05) is 26.0 Å². The summed E-state index contributed by atoms with van der Waals surface area (Å²) in [7, 11) is 0. The summed E-state index contributed by atoms with van der Waals surface area (Å²) in [5.41, 5.74) is 2.26. The summed E-state index contributed by atoms with van der Waals surface area (Å²) in [6.45, 7) is 6.78. The van der Waals surface area contributed by atoms with E-state index in [1.165, 1.54) is 18.5 Å². The Kier molecular flexibility index (Phi) is 4.66. The van der Waals surface area contributed by atoms with E-state index in [2.05, 4.69) is 27.7 Å². The average Bonchev–Trinajstić information content (AvgIpc) is 2.94. The van der Waals surface area contributed by atoms with E-state index in [4.69, 9.17) is 0 Å². The highest BCUT2D eigenvalue weighted by Gasteiger charge is 2.13. The maximum Gasteiger partial charge on any atom is 0.242 e. The Morgan fingerprint density at radius 1 is 1.26 bits per heavy atom. The summed E-state index contributed by atoms with van der Waals surface area (Å²) >= 11 is 0. The predicted molar refractivity (Wildman–Crippen MR) is 79.7 cm³/mol. The van der Waals surface area contributed by atoms with Gasteiger partial charge in [0.1, 0.15) is 6.04 Å². The minimum atomic E-state index is -0.211. The minimum absolute atomic E-state index is 0.0334. The Morgan fingerprint density at radius 2 is 1.89 bits per heavy atom. The molecule has 0 aliphatic carbocycles. The van der Waals surface area contributed by atoms with Gasteiger partial charge in [0, 0.05) is 31.0 Å². The van der Waals surface area contributed by atoms with Crippen LogP contribution in [-0.4, -0.2) is 31.6 Å². The van der Waals surface area contributed by atoms with Gasteiger partial charge in [0.25, 0.3) is 0 Å². The highest BCUT2D eigenvalue weighted by Crippen LogP contribution is 2.22. The lowest BCUT2D eigenvalue weighted by Gasteiger charge is -2.19. The Bertz CT molecular complexity index is 410. The van der Waals surface area contributed by atoms with Crippen LogP contribution in [0.5, 0.6) is 0 Å². The smallest absolute Gasteiger partial charge is 0.242 e. The minimum Gasteiger partial charge on any atom is -0.374 e. The van der Waals surface area contributed by atoms with Crippen molar-refractivity contribution >= 4 is 17.3 Å². The predicted octanol–water partition coefficient (Wildman–Crippen LogP) is 2.22. The second-order valence-electron chi connectivity index (χ2n) is 5.00. The molecule has 2 rings (SSSR count). The zero-order valence-corrected chi connectivity index (χ0v) is 11.8. The average molecular weight is 261 g/mol. The van der Waals surface area contributed by atoms with Gasteiger partial charge in [-0.2, -0.15) is 0 Å². The summed E-state index contributed by atoms with van der Waals surface area (Å²) in [4.78, 5) is 14.0. The van der Waals surface area contributed by atoms with Crippen molar-refractivity contribution < 1.29 is 4.79 Å². The van der Waals surface area contributed by atoms with Crippen molar-refractivity contribution in [2.24, 2.45) is 0 Å². The highest BCUT2D eigenvalue weighted by molar-refractivity contribution is 5.84. The molecule has 1 amide bonds. The van der Waals surface area contributed by atoms with Crippen LogP contribution in [0.1, 0.15) is 26.7 Å². The van der Waals surface area contributed by atoms with Crippen LogP contribution in [0.3, 0.4) is 0 Å². The normalized spacial score (nSPS) is 16.2. The monoisotopic (exact) mass is 261 g/mol. The molecule has 0 radical (unpaired) electrons. The molecule has 1 aliphatic rings. The van der Waals surface area contributed by atoms with Gasteiger partial charge in [0.05, 0.1) is 0 Å².